The van der Waals surface area contributed by atoms with Crippen LogP contribution in [-0.2, 0) is 26.7 Å². The first kappa shape index (κ1) is 26.0. The van der Waals surface area contributed by atoms with Gasteiger partial charge < -0.3 is 15.6 Å². The van der Waals surface area contributed by atoms with Crippen LogP contribution in [0.5, 0.6) is 5.75 Å². The van der Waals surface area contributed by atoms with Crippen molar-refractivity contribution in [1.82, 2.24) is 29.2 Å². The number of fused-ring (bicyclic) bond motifs is 1. The Kier molecular flexibility index (Phi) is 7.04. The molecule has 0 bridgehead atoms. The Bertz CT molecular complexity index is 1520. The molecule has 0 amide bonds. The fourth-order valence-corrected chi connectivity index (χ4v) is 5.37. The molecule has 38 heavy (non-hydrogen) atoms. The van der Waals surface area contributed by atoms with Gasteiger partial charge in [-0.25, -0.2) is 4.98 Å². The molecule has 4 aromatic rings. The van der Waals surface area contributed by atoms with E-state index in [2.05, 4.69) is 20.0 Å². The summed E-state index contributed by atoms with van der Waals surface area (Å²) in [6.07, 6.45) is 4.45. The average Bonchev–Trinajstić information content (AvgIpc) is 3.25. The molecule has 0 spiro atoms. The monoisotopic (exact) mass is 517 g/mol. The van der Waals surface area contributed by atoms with E-state index in [0.29, 0.717) is 50.1 Å². The molecule has 1 aliphatic rings. The van der Waals surface area contributed by atoms with Gasteiger partial charge in [0.15, 0.2) is 5.52 Å². The minimum Gasteiger partial charge on any atom is -0.496 e. The summed E-state index contributed by atoms with van der Waals surface area (Å²) < 4.78 is 8.72. The number of rotatable bonds is 7. The molecule has 0 radical (unpaired) electrons. The maximum absolute atomic E-state index is 13.4. The molecule has 1 fully saturated rings. The normalized spacial score (nSPS) is 15.7. The van der Waals surface area contributed by atoms with E-state index in [0.717, 1.165) is 39.4 Å². The minimum absolute atomic E-state index is 0.176. The molecule has 1 aromatic carbocycles. The molecule has 0 atom stereocenters. The van der Waals surface area contributed by atoms with Crippen molar-refractivity contribution in [2.24, 2.45) is 12.8 Å². The van der Waals surface area contributed by atoms with Crippen molar-refractivity contribution >= 4 is 11.0 Å². The molecule has 4 heterocycles. The van der Waals surface area contributed by atoms with Crippen molar-refractivity contribution in [3.05, 3.63) is 69.5 Å². The Morgan fingerprint density at radius 3 is 2.47 bits per heavy atom. The standard InChI is InChI=1S/C28H35N7O3/c1-18-14-30-22(19(2)26(18)38-4)15-34-11-9-28(37,10-12-34)16-35-17-31-23-24(27(35)36)32-33(3)25(23)21-7-5-20(13-29)6-8-21/h5-8,14,17,37H,9-13,15-16,29H2,1-4H3. The molecule has 1 aliphatic heterocycles. The van der Waals surface area contributed by atoms with Gasteiger partial charge in [-0.1, -0.05) is 24.3 Å². The second-order valence-corrected chi connectivity index (χ2v) is 10.3. The van der Waals surface area contributed by atoms with E-state index >= 15 is 0 Å². The number of nitrogens with two attached hydrogens (primary N) is 1. The molecule has 0 saturated carbocycles. The molecule has 200 valence electrons. The topological polar surface area (TPSA) is 124 Å². The van der Waals surface area contributed by atoms with Gasteiger partial charge in [-0.2, -0.15) is 5.10 Å². The first-order valence-electron chi connectivity index (χ1n) is 12.9. The molecule has 3 aromatic heterocycles. The van der Waals surface area contributed by atoms with Crippen LogP contribution < -0.4 is 16.0 Å². The number of pyridine rings is 1. The molecule has 0 aliphatic carbocycles. The largest absolute Gasteiger partial charge is 0.496 e. The van der Waals surface area contributed by atoms with Crippen LogP contribution in [0.3, 0.4) is 0 Å². The molecule has 5 rings (SSSR count). The molecule has 3 N–H and O–H groups in total. The number of hydrogen-bond acceptors (Lipinski definition) is 8. The summed E-state index contributed by atoms with van der Waals surface area (Å²) in [5.41, 5.74) is 11.1. The van der Waals surface area contributed by atoms with Crippen LogP contribution in [0.4, 0.5) is 0 Å². The smallest absolute Gasteiger partial charge is 0.281 e. The number of hydrogen-bond donors (Lipinski definition) is 2. The van der Waals surface area contributed by atoms with Crippen molar-refractivity contribution < 1.29 is 9.84 Å². The predicted octanol–water partition coefficient (Wildman–Crippen LogP) is 2.30. The second-order valence-electron chi connectivity index (χ2n) is 10.3. The van der Waals surface area contributed by atoms with Crippen LogP contribution in [0.25, 0.3) is 22.3 Å². The maximum atomic E-state index is 13.4. The van der Waals surface area contributed by atoms with E-state index in [1.165, 1.54) is 10.9 Å². The van der Waals surface area contributed by atoms with Gasteiger partial charge in [0.25, 0.3) is 5.56 Å². The highest BCUT2D eigenvalue weighted by Crippen LogP contribution is 2.29. The second kappa shape index (κ2) is 10.3. The lowest BCUT2D eigenvalue weighted by atomic mass is 9.91. The lowest BCUT2D eigenvalue weighted by Crippen LogP contribution is -2.48. The number of aromatic nitrogens is 5. The highest BCUT2D eigenvalue weighted by molar-refractivity contribution is 5.89. The maximum Gasteiger partial charge on any atom is 0.281 e. The van der Waals surface area contributed by atoms with Crippen LogP contribution in [0.1, 0.15) is 35.2 Å². The van der Waals surface area contributed by atoms with E-state index < -0.39 is 5.60 Å². The zero-order valence-electron chi connectivity index (χ0n) is 22.4. The Labute approximate surface area is 221 Å². The third-order valence-corrected chi connectivity index (χ3v) is 7.65. The third-order valence-electron chi connectivity index (χ3n) is 7.65. The zero-order valence-corrected chi connectivity index (χ0v) is 22.4. The minimum atomic E-state index is -1.00. The zero-order chi connectivity index (χ0) is 27.0. The summed E-state index contributed by atoms with van der Waals surface area (Å²) in [7, 11) is 3.49. The molecule has 10 heteroatoms. The number of aryl methyl sites for hydroxylation is 2. The first-order chi connectivity index (χ1) is 18.2. The van der Waals surface area contributed by atoms with E-state index in [-0.39, 0.29) is 12.1 Å². The van der Waals surface area contributed by atoms with E-state index in [4.69, 9.17) is 10.5 Å². The molecule has 1 saturated heterocycles. The van der Waals surface area contributed by atoms with Gasteiger partial charge in [0, 0.05) is 56.1 Å². The van der Waals surface area contributed by atoms with E-state index in [1.807, 2.05) is 44.3 Å². The summed E-state index contributed by atoms with van der Waals surface area (Å²) >= 11 is 0. The summed E-state index contributed by atoms with van der Waals surface area (Å²) in [5, 5.41) is 15.9. The van der Waals surface area contributed by atoms with Gasteiger partial charge in [0.1, 0.15) is 11.3 Å². The third kappa shape index (κ3) is 4.82. The quantitative estimate of drug-likeness (QED) is 0.383. The molecule has 0 unspecified atom stereocenters. The van der Waals surface area contributed by atoms with Crippen LogP contribution in [0, 0.1) is 13.8 Å². The Hall–Kier alpha value is -3.60. The molecular weight excluding hydrogens is 482 g/mol. The summed E-state index contributed by atoms with van der Waals surface area (Å²) in [6.45, 7) is 6.75. The number of aliphatic hydroxyl groups is 1. The summed E-state index contributed by atoms with van der Waals surface area (Å²) in [4.78, 5) is 24.9. The number of ether oxygens (including phenoxy) is 1. The Morgan fingerprint density at radius 1 is 1.11 bits per heavy atom. The predicted molar refractivity (Wildman–Crippen MR) is 146 cm³/mol. The van der Waals surface area contributed by atoms with Crippen molar-refractivity contribution in [2.75, 3.05) is 20.2 Å². The fourth-order valence-electron chi connectivity index (χ4n) is 5.37. The van der Waals surface area contributed by atoms with Gasteiger partial charge in [0.2, 0.25) is 0 Å². The Morgan fingerprint density at radius 2 is 1.82 bits per heavy atom. The van der Waals surface area contributed by atoms with Crippen molar-refractivity contribution in [2.45, 2.75) is 51.9 Å². The van der Waals surface area contributed by atoms with Crippen molar-refractivity contribution in [3.8, 4) is 17.0 Å². The van der Waals surface area contributed by atoms with Crippen LogP contribution in [-0.4, -0.2) is 60.1 Å². The van der Waals surface area contributed by atoms with E-state index in [1.54, 1.807) is 18.8 Å². The number of benzene rings is 1. The lowest BCUT2D eigenvalue weighted by molar-refractivity contribution is -0.0367. The van der Waals surface area contributed by atoms with E-state index in [9.17, 15) is 9.90 Å². The Balaban J connectivity index is 1.31. The number of nitrogens with zero attached hydrogens (tertiary/aromatic N) is 6. The number of methoxy groups -OCH3 is 1. The molecular formula is C28H35N7O3. The lowest BCUT2D eigenvalue weighted by Gasteiger charge is -2.38. The average molecular weight is 518 g/mol. The highest BCUT2D eigenvalue weighted by atomic mass is 16.5. The van der Waals surface area contributed by atoms with Crippen molar-refractivity contribution in [1.29, 1.82) is 0 Å². The van der Waals surface area contributed by atoms with Gasteiger partial charge in [-0.15, -0.1) is 0 Å². The highest BCUT2D eigenvalue weighted by Gasteiger charge is 2.34. The number of likely N-dealkylation sites (tertiary alicyclic amines) is 1. The first-order valence-corrected chi connectivity index (χ1v) is 12.9. The van der Waals surface area contributed by atoms with Crippen molar-refractivity contribution in [3.63, 3.8) is 0 Å². The van der Waals surface area contributed by atoms with Gasteiger partial charge in [-0.3, -0.25) is 23.9 Å². The van der Waals surface area contributed by atoms with Crippen LogP contribution >= 0.6 is 0 Å². The van der Waals surface area contributed by atoms with Crippen LogP contribution in [0.2, 0.25) is 0 Å². The summed E-state index contributed by atoms with van der Waals surface area (Å²) in [5.74, 6) is 0.871. The summed E-state index contributed by atoms with van der Waals surface area (Å²) in [6, 6.07) is 7.85. The number of piperidine rings is 1. The van der Waals surface area contributed by atoms with Crippen LogP contribution in [0.15, 0.2) is 41.6 Å². The SMILES string of the molecule is COc1c(C)cnc(CN2CCC(O)(Cn3cnc4c(-c5ccc(CN)cc5)n(C)nc4c3=O)CC2)c1C. The van der Waals surface area contributed by atoms with Gasteiger partial charge in [0.05, 0.1) is 37.0 Å². The molecule has 10 nitrogen and oxygen atoms in total. The fraction of sp³-hybridized carbons (Fsp3) is 0.429. The van der Waals surface area contributed by atoms with Gasteiger partial charge >= 0.3 is 0 Å². The van der Waals surface area contributed by atoms with Gasteiger partial charge in [-0.05, 0) is 32.3 Å².